The van der Waals surface area contributed by atoms with Gasteiger partial charge in [0.25, 0.3) is 11.8 Å². The number of fused-ring (bicyclic) bond motifs is 1. The molecule has 0 saturated carbocycles. The summed E-state index contributed by atoms with van der Waals surface area (Å²) in [5.41, 5.74) is 0.872. The van der Waals surface area contributed by atoms with E-state index < -0.39 is 29.4 Å². The third-order valence-electron chi connectivity index (χ3n) is 11.1. The number of likely N-dealkylation sites (tertiary alicyclic amines) is 2. The molecule has 2 atom stereocenters. The van der Waals surface area contributed by atoms with Gasteiger partial charge in [-0.1, -0.05) is 11.6 Å². The first kappa shape index (κ1) is 34.8. The number of imide groups is 2. The van der Waals surface area contributed by atoms with Crippen molar-refractivity contribution in [3.05, 3.63) is 46.2 Å². The van der Waals surface area contributed by atoms with Crippen LogP contribution in [0.2, 0.25) is 5.02 Å². The van der Waals surface area contributed by atoms with Gasteiger partial charge in [0.2, 0.25) is 17.8 Å². The number of nitrogens with zero attached hydrogens (tertiary/aromatic N) is 6. The van der Waals surface area contributed by atoms with E-state index in [-0.39, 0.29) is 24.8 Å². The Morgan fingerprint density at radius 1 is 0.900 bits per heavy atom. The second-order valence-electron chi connectivity index (χ2n) is 15.2. The number of hydrogen-bond donors (Lipinski definition) is 3. The molecule has 4 fully saturated rings. The molecular weight excluding hydrogens is 660 g/mol. The Kier molecular flexibility index (Phi) is 9.86. The number of benzene rings is 1. The van der Waals surface area contributed by atoms with Crippen molar-refractivity contribution in [2.75, 3.05) is 62.6 Å². The van der Waals surface area contributed by atoms with Crippen molar-refractivity contribution in [1.82, 2.24) is 30.0 Å². The monoisotopic (exact) mass is 706 g/mol. The van der Waals surface area contributed by atoms with Crippen LogP contribution in [-0.4, -0.2) is 118 Å². The summed E-state index contributed by atoms with van der Waals surface area (Å²) in [4.78, 5) is 67.7. The van der Waals surface area contributed by atoms with E-state index in [0.717, 1.165) is 82.2 Å². The fraction of sp³-hybridized carbons (Fsp3) is 0.611. The van der Waals surface area contributed by atoms with Crippen molar-refractivity contribution in [3.63, 3.8) is 0 Å². The molecule has 50 heavy (non-hydrogen) atoms. The molecule has 1 aromatic heterocycles. The van der Waals surface area contributed by atoms with Crippen LogP contribution >= 0.6 is 11.6 Å². The summed E-state index contributed by atoms with van der Waals surface area (Å²) in [5, 5.41) is 16.4. The van der Waals surface area contributed by atoms with Crippen molar-refractivity contribution >= 4 is 46.9 Å². The molecule has 1 unspecified atom stereocenters. The Labute approximate surface area is 297 Å². The zero-order valence-electron chi connectivity index (χ0n) is 28.9. The number of hydrogen-bond acceptors (Lipinski definition) is 11. The molecule has 1 aromatic carbocycles. The first-order chi connectivity index (χ1) is 23.9. The van der Waals surface area contributed by atoms with E-state index in [9.17, 15) is 24.3 Å². The van der Waals surface area contributed by atoms with Crippen molar-refractivity contribution in [1.29, 1.82) is 0 Å². The van der Waals surface area contributed by atoms with Crippen LogP contribution in [0, 0.1) is 11.8 Å². The Balaban J connectivity index is 0.837. The maximum absolute atomic E-state index is 13.3. The van der Waals surface area contributed by atoms with E-state index in [1.165, 1.54) is 12.8 Å². The molecule has 0 aliphatic carbocycles. The molecule has 2 aromatic rings. The van der Waals surface area contributed by atoms with Crippen LogP contribution < -0.4 is 15.5 Å². The lowest BCUT2D eigenvalue weighted by atomic mass is 9.92. The lowest BCUT2D eigenvalue weighted by Gasteiger charge is -2.39. The van der Waals surface area contributed by atoms with Crippen molar-refractivity contribution in [2.45, 2.75) is 76.5 Å². The van der Waals surface area contributed by atoms with Crippen molar-refractivity contribution < 1.29 is 24.3 Å². The van der Waals surface area contributed by atoms with Gasteiger partial charge in [-0.3, -0.25) is 29.4 Å². The molecule has 14 heteroatoms. The van der Waals surface area contributed by atoms with Gasteiger partial charge in [-0.2, -0.15) is 0 Å². The van der Waals surface area contributed by atoms with E-state index in [1.54, 1.807) is 32.2 Å². The largest absolute Gasteiger partial charge is 0.384 e. The highest BCUT2D eigenvalue weighted by Crippen LogP contribution is 2.33. The molecule has 0 spiro atoms. The van der Waals surface area contributed by atoms with Crippen molar-refractivity contribution in [3.8, 4) is 0 Å². The average molecular weight is 707 g/mol. The fourth-order valence-electron chi connectivity index (χ4n) is 8.28. The first-order valence-electron chi connectivity index (χ1n) is 18.0. The van der Waals surface area contributed by atoms with E-state index in [4.69, 9.17) is 11.6 Å². The number of halogens is 1. The number of carbonyl (C=O) groups is 4. The molecule has 0 bridgehead atoms. The molecular formula is C36H47ClN8O5. The zero-order chi connectivity index (χ0) is 35.2. The topological polar surface area (TPSA) is 151 Å². The van der Waals surface area contributed by atoms with Gasteiger partial charge in [-0.15, -0.1) is 0 Å². The van der Waals surface area contributed by atoms with Gasteiger partial charge in [-0.05, 0) is 95.5 Å². The van der Waals surface area contributed by atoms with Gasteiger partial charge in [0.05, 0.1) is 28.0 Å². The van der Waals surface area contributed by atoms with Crippen molar-refractivity contribution in [2.24, 2.45) is 11.8 Å². The number of aliphatic hydroxyl groups is 1. The highest BCUT2D eigenvalue weighted by Gasteiger charge is 2.45. The number of amides is 4. The van der Waals surface area contributed by atoms with Gasteiger partial charge in [-0.25, -0.2) is 9.97 Å². The molecule has 5 aliphatic rings. The summed E-state index contributed by atoms with van der Waals surface area (Å²) in [6.07, 6.45) is 7.40. The molecule has 4 amide bonds. The number of aromatic nitrogens is 2. The van der Waals surface area contributed by atoms with Crippen LogP contribution in [0.5, 0.6) is 0 Å². The van der Waals surface area contributed by atoms with Gasteiger partial charge < -0.3 is 25.1 Å². The average Bonchev–Trinajstić information content (AvgIpc) is 3.63. The van der Waals surface area contributed by atoms with Crippen LogP contribution in [-0.2, 0) is 15.2 Å². The summed E-state index contributed by atoms with van der Waals surface area (Å²) in [6.45, 7) is 11.6. The molecule has 6 heterocycles. The minimum absolute atomic E-state index is 0.106. The predicted octanol–water partition coefficient (Wildman–Crippen LogP) is 2.87. The van der Waals surface area contributed by atoms with Gasteiger partial charge in [0.1, 0.15) is 11.6 Å². The number of carbonyl (C=O) groups excluding carboxylic acids is 4. The Morgan fingerprint density at radius 3 is 2.26 bits per heavy atom. The summed E-state index contributed by atoms with van der Waals surface area (Å²) in [5.74, 6) is -0.0765. The number of piperidine rings is 3. The molecule has 7 rings (SSSR count). The van der Waals surface area contributed by atoms with E-state index in [0.29, 0.717) is 39.6 Å². The Bertz CT molecular complexity index is 1650. The molecule has 0 radical (unpaired) electrons. The number of nitrogens with one attached hydrogen (secondary N) is 2. The Morgan fingerprint density at radius 2 is 1.56 bits per heavy atom. The maximum atomic E-state index is 13.3. The maximum Gasteiger partial charge on any atom is 0.262 e. The second-order valence-corrected chi connectivity index (χ2v) is 15.6. The third-order valence-corrected chi connectivity index (χ3v) is 11.3. The minimum Gasteiger partial charge on any atom is -0.384 e. The first-order valence-corrected chi connectivity index (χ1v) is 18.4. The summed E-state index contributed by atoms with van der Waals surface area (Å²) < 4.78 is 0. The van der Waals surface area contributed by atoms with Gasteiger partial charge in [0.15, 0.2) is 0 Å². The Hall–Kier alpha value is -3.65. The molecule has 268 valence electrons. The number of anilines is 2. The summed E-state index contributed by atoms with van der Waals surface area (Å²) in [6, 6.07) is 4.72. The third kappa shape index (κ3) is 7.37. The van der Waals surface area contributed by atoms with Crippen LogP contribution in [0.3, 0.4) is 0 Å². The fourth-order valence-corrected chi connectivity index (χ4v) is 8.60. The lowest BCUT2D eigenvalue weighted by molar-refractivity contribution is -0.136. The normalized spacial score (nSPS) is 24.6. The van der Waals surface area contributed by atoms with E-state index in [1.807, 2.05) is 6.07 Å². The standard InChI is InChI=1S/C36H47ClN8O5/c1-36(2,50)31-28(37)18-38-35(41-31)39-24-11-14-43(21-24)20-22-7-12-42(13-8-22)19-23-9-15-44(16-10-23)25-3-4-26-27(17-25)34(49)45(33(26)48)29-5-6-30(46)40-32(29)47/h3-4,17-18,22-24,29,50H,5-16,19-21H2,1-2H3,(H,38,39,41)(H,40,46,47)/t24-,29?/m1/s1. The molecule has 13 nitrogen and oxygen atoms in total. The summed E-state index contributed by atoms with van der Waals surface area (Å²) in [7, 11) is 0. The van der Waals surface area contributed by atoms with Crippen LogP contribution in [0.4, 0.5) is 11.6 Å². The van der Waals surface area contributed by atoms with Gasteiger partial charge >= 0.3 is 0 Å². The zero-order valence-corrected chi connectivity index (χ0v) is 29.6. The minimum atomic E-state index is -1.13. The summed E-state index contributed by atoms with van der Waals surface area (Å²) >= 11 is 6.21. The highest BCUT2D eigenvalue weighted by atomic mass is 35.5. The molecule has 4 saturated heterocycles. The van der Waals surface area contributed by atoms with E-state index in [2.05, 4.69) is 35.3 Å². The SMILES string of the molecule is CC(C)(O)c1nc(N[C@@H]2CCN(CC3CCN(CC4CCN(c5ccc6c(c5)C(=O)N(C5CCC(=O)NC5=O)C6=O)CC4)CC3)C2)ncc1Cl. The van der Waals surface area contributed by atoms with E-state index >= 15 is 0 Å². The smallest absolute Gasteiger partial charge is 0.262 e. The van der Waals surface area contributed by atoms with Crippen LogP contribution in [0.1, 0.15) is 85.2 Å². The van der Waals surface area contributed by atoms with Crippen LogP contribution in [0.15, 0.2) is 24.4 Å². The second kappa shape index (κ2) is 14.2. The number of rotatable bonds is 9. The van der Waals surface area contributed by atoms with Crippen LogP contribution in [0.25, 0.3) is 0 Å². The molecule has 3 N–H and O–H groups in total. The quantitative estimate of drug-likeness (QED) is 0.330. The van der Waals surface area contributed by atoms with Gasteiger partial charge in [0, 0.05) is 57.4 Å². The highest BCUT2D eigenvalue weighted by molar-refractivity contribution is 6.31. The lowest BCUT2D eigenvalue weighted by Crippen LogP contribution is -2.54. The predicted molar refractivity (Wildman–Crippen MR) is 188 cm³/mol. The molecule has 5 aliphatic heterocycles.